The highest BCUT2D eigenvalue weighted by atomic mass is 79.9. The summed E-state index contributed by atoms with van der Waals surface area (Å²) in [7, 11) is 0. The number of halogens is 1. The average molecular weight is 478 g/mol. The Bertz CT molecular complexity index is 1360. The fourth-order valence-electron chi connectivity index (χ4n) is 3.62. The first-order valence-electron chi connectivity index (χ1n) is 10.0. The topological polar surface area (TPSA) is 65.1 Å². The molecule has 0 aliphatic rings. The molecule has 4 rings (SSSR count). The van der Waals surface area contributed by atoms with Gasteiger partial charge in [0, 0.05) is 33.0 Å². The number of hydrogen-bond acceptors (Lipinski definition) is 4. The Hall–Kier alpha value is -3.06. The minimum atomic E-state index is -0.359. The Morgan fingerprint density at radius 3 is 2.55 bits per heavy atom. The van der Waals surface area contributed by atoms with Gasteiger partial charge in [-0.2, -0.15) is 9.78 Å². The summed E-state index contributed by atoms with van der Waals surface area (Å²) < 4.78 is 4.32. The Morgan fingerprint density at radius 2 is 1.87 bits per heavy atom. The van der Waals surface area contributed by atoms with Gasteiger partial charge in [-0.15, -0.1) is 0 Å². The molecule has 0 aliphatic heterocycles. The van der Waals surface area contributed by atoms with Gasteiger partial charge in [-0.25, -0.2) is 9.97 Å². The second kappa shape index (κ2) is 7.89. The fraction of sp³-hybridized carbons (Fsp3) is 0.250. The summed E-state index contributed by atoms with van der Waals surface area (Å²) in [4.78, 5) is 22.5. The minimum Gasteiger partial charge on any atom is -0.303 e. The summed E-state index contributed by atoms with van der Waals surface area (Å²) in [6.45, 7) is 10.1. The number of fused-ring (bicyclic) bond motifs is 1. The third-order valence-electron chi connectivity index (χ3n) is 5.14. The molecule has 3 heterocycles. The van der Waals surface area contributed by atoms with E-state index in [1.165, 1.54) is 4.68 Å². The predicted octanol–water partition coefficient (Wildman–Crippen LogP) is 5.14. The lowest BCUT2D eigenvalue weighted by atomic mass is 9.95. The van der Waals surface area contributed by atoms with Gasteiger partial charge in [0.25, 0.3) is 5.56 Å². The highest BCUT2D eigenvalue weighted by Crippen LogP contribution is 2.23. The molecule has 7 heteroatoms. The normalized spacial score (nSPS) is 12.2. The number of aryl methyl sites for hydroxylation is 1. The number of rotatable bonds is 3. The lowest BCUT2D eigenvalue weighted by Gasteiger charge is -2.20. The van der Waals surface area contributed by atoms with Crippen molar-refractivity contribution in [3.63, 3.8) is 0 Å². The van der Waals surface area contributed by atoms with Crippen molar-refractivity contribution < 1.29 is 0 Å². The molecule has 0 aliphatic carbocycles. The highest BCUT2D eigenvalue weighted by Gasteiger charge is 2.23. The van der Waals surface area contributed by atoms with E-state index in [9.17, 15) is 4.79 Å². The molecule has 0 saturated heterocycles. The molecule has 4 aromatic rings. The molecule has 0 bridgehead atoms. The molecule has 6 nitrogen and oxygen atoms in total. The quantitative estimate of drug-likeness (QED) is 0.383. The van der Waals surface area contributed by atoms with Crippen LogP contribution in [-0.2, 0) is 5.41 Å². The average Bonchev–Trinajstić information content (AvgIpc) is 3.00. The van der Waals surface area contributed by atoms with Gasteiger partial charge in [-0.05, 0) is 50.2 Å². The van der Waals surface area contributed by atoms with Gasteiger partial charge in [0.1, 0.15) is 11.6 Å². The Kier molecular flexibility index (Phi) is 5.39. The minimum absolute atomic E-state index is 0.189. The van der Waals surface area contributed by atoms with E-state index < -0.39 is 0 Å². The molecular weight excluding hydrogens is 454 g/mol. The molecule has 0 spiro atoms. The van der Waals surface area contributed by atoms with Crippen molar-refractivity contribution in [3.8, 4) is 5.82 Å². The molecule has 0 amide bonds. The summed E-state index contributed by atoms with van der Waals surface area (Å²) in [5.41, 5.74) is 3.08. The van der Waals surface area contributed by atoms with Crippen LogP contribution in [0.1, 0.15) is 43.5 Å². The van der Waals surface area contributed by atoms with E-state index in [1.807, 2.05) is 71.0 Å². The van der Waals surface area contributed by atoms with E-state index in [1.54, 1.807) is 18.5 Å². The molecule has 0 N–H and O–H groups in total. The van der Waals surface area contributed by atoms with Gasteiger partial charge in [0.2, 0.25) is 0 Å². The highest BCUT2D eigenvalue weighted by molar-refractivity contribution is 9.10. The van der Waals surface area contributed by atoms with Crippen LogP contribution in [0.5, 0.6) is 0 Å². The van der Waals surface area contributed by atoms with Crippen LogP contribution >= 0.6 is 15.9 Å². The van der Waals surface area contributed by atoms with Crippen LogP contribution in [0.25, 0.3) is 16.7 Å². The Morgan fingerprint density at radius 1 is 1.10 bits per heavy atom. The standard InChI is InChI=1S/C24H24BrN5O/c1-15-12-17(16(2)29(15)21-8-6-7-11-26-21)14-27-30-22(31)19-13-18(25)9-10-20(19)28-23(30)24(3,4)5/h6-14H,1-5H3. The first-order chi connectivity index (χ1) is 14.7. The van der Waals surface area contributed by atoms with Gasteiger partial charge in [0.15, 0.2) is 0 Å². The zero-order chi connectivity index (χ0) is 22.3. The van der Waals surface area contributed by atoms with Crippen molar-refractivity contribution in [1.29, 1.82) is 0 Å². The van der Waals surface area contributed by atoms with E-state index in [2.05, 4.69) is 30.6 Å². The van der Waals surface area contributed by atoms with Gasteiger partial charge >= 0.3 is 0 Å². The molecule has 158 valence electrons. The maximum atomic E-state index is 13.3. The third kappa shape index (κ3) is 3.97. The predicted molar refractivity (Wildman–Crippen MR) is 128 cm³/mol. The summed E-state index contributed by atoms with van der Waals surface area (Å²) in [6, 6.07) is 13.4. The second-order valence-corrected chi connectivity index (χ2v) is 9.47. The maximum absolute atomic E-state index is 13.3. The van der Waals surface area contributed by atoms with Crippen molar-refractivity contribution in [3.05, 3.63) is 86.3 Å². The molecule has 0 unspecified atom stereocenters. The van der Waals surface area contributed by atoms with Crippen molar-refractivity contribution in [2.75, 3.05) is 0 Å². The van der Waals surface area contributed by atoms with E-state index in [-0.39, 0.29) is 11.0 Å². The zero-order valence-electron chi connectivity index (χ0n) is 18.2. The summed E-state index contributed by atoms with van der Waals surface area (Å²) >= 11 is 3.44. The summed E-state index contributed by atoms with van der Waals surface area (Å²) in [5, 5.41) is 5.13. The van der Waals surface area contributed by atoms with Crippen molar-refractivity contribution >= 4 is 33.0 Å². The van der Waals surface area contributed by atoms with E-state index >= 15 is 0 Å². The molecule has 1 aromatic carbocycles. The van der Waals surface area contributed by atoms with E-state index in [0.29, 0.717) is 16.7 Å². The zero-order valence-corrected chi connectivity index (χ0v) is 19.8. The number of hydrogen-bond donors (Lipinski definition) is 0. The third-order valence-corrected chi connectivity index (χ3v) is 5.63. The molecule has 31 heavy (non-hydrogen) atoms. The lowest BCUT2D eigenvalue weighted by Crippen LogP contribution is -2.29. The van der Waals surface area contributed by atoms with Crippen molar-refractivity contribution in [2.45, 2.75) is 40.0 Å². The van der Waals surface area contributed by atoms with Crippen LogP contribution in [0.3, 0.4) is 0 Å². The number of aromatic nitrogens is 4. The molecule has 0 saturated carbocycles. The first-order valence-corrected chi connectivity index (χ1v) is 10.8. The molecule has 0 radical (unpaired) electrons. The van der Waals surface area contributed by atoms with Crippen LogP contribution in [0.15, 0.2) is 63.0 Å². The monoisotopic (exact) mass is 477 g/mol. The number of pyridine rings is 1. The maximum Gasteiger partial charge on any atom is 0.282 e. The van der Waals surface area contributed by atoms with Crippen LogP contribution < -0.4 is 5.56 Å². The second-order valence-electron chi connectivity index (χ2n) is 8.56. The van der Waals surface area contributed by atoms with Crippen molar-refractivity contribution in [2.24, 2.45) is 5.10 Å². The van der Waals surface area contributed by atoms with E-state index in [0.717, 1.165) is 27.2 Å². The first kappa shape index (κ1) is 21.2. The van der Waals surface area contributed by atoms with Gasteiger partial charge < -0.3 is 4.57 Å². The number of benzene rings is 1. The van der Waals surface area contributed by atoms with Gasteiger partial charge in [-0.1, -0.05) is 42.8 Å². The molecule has 0 fully saturated rings. The van der Waals surface area contributed by atoms with Crippen LogP contribution in [-0.4, -0.2) is 25.4 Å². The fourth-order valence-corrected chi connectivity index (χ4v) is 3.98. The van der Waals surface area contributed by atoms with Gasteiger partial charge in [0.05, 0.1) is 17.1 Å². The van der Waals surface area contributed by atoms with Crippen LogP contribution in [0.4, 0.5) is 0 Å². The lowest BCUT2D eigenvalue weighted by molar-refractivity contribution is 0.506. The molecule has 0 atom stereocenters. The Labute approximate surface area is 189 Å². The molecular formula is C24H24BrN5O. The van der Waals surface area contributed by atoms with Crippen LogP contribution in [0.2, 0.25) is 0 Å². The molecule has 3 aromatic heterocycles. The summed E-state index contributed by atoms with van der Waals surface area (Å²) in [5.74, 6) is 1.46. The van der Waals surface area contributed by atoms with E-state index in [4.69, 9.17) is 4.98 Å². The summed E-state index contributed by atoms with van der Waals surface area (Å²) in [6.07, 6.45) is 3.50. The Balaban J connectivity index is 1.87. The largest absolute Gasteiger partial charge is 0.303 e. The van der Waals surface area contributed by atoms with Gasteiger partial charge in [-0.3, -0.25) is 4.79 Å². The smallest absolute Gasteiger partial charge is 0.282 e. The van der Waals surface area contributed by atoms with Crippen LogP contribution in [0, 0.1) is 13.8 Å². The number of nitrogens with zero attached hydrogens (tertiary/aromatic N) is 5. The SMILES string of the molecule is Cc1cc(C=Nn2c(C(C)(C)C)nc3ccc(Br)cc3c2=O)c(C)n1-c1ccccn1. The van der Waals surface area contributed by atoms with Crippen molar-refractivity contribution in [1.82, 2.24) is 19.2 Å².